The Bertz CT molecular complexity index is 1170. The molecule has 0 N–H and O–H groups in total. The van der Waals surface area contributed by atoms with Gasteiger partial charge in [0.25, 0.3) is 5.91 Å². The third-order valence-electron chi connectivity index (χ3n) is 5.70. The number of carbonyl (C=O) groups excluding carboxylic acids is 1. The van der Waals surface area contributed by atoms with Crippen molar-refractivity contribution in [1.82, 2.24) is 14.7 Å². The Morgan fingerprint density at radius 3 is 2.53 bits per heavy atom. The number of aromatic nitrogens is 2. The van der Waals surface area contributed by atoms with Crippen LogP contribution in [0.2, 0.25) is 10.2 Å². The number of aryl methyl sites for hydroxylation is 1. The molecule has 1 saturated heterocycles. The van der Waals surface area contributed by atoms with Crippen molar-refractivity contribution in [3.8, 4) is 6.07 Å². The zero-order chi connectivity index (χ0) is 22.7. The molecule has 0 bridgehead atoms. The van der Waals surface area contributed by atoms with Crippen LogP contribution >= 0.6 is 23.2 Å². The Morgan fingerprint density at radius 1 is 1.06 bits per heavy atom. The summed E-state index contributed by atoms with van der Waals surface area (Å²) in [5, 5.41) is 14.5. The van der Waals surface area contributed by atoms with Crippen LogP contribution in [0, 0.1) is 18.3 Å². The third-order valence-corrected chi connectivity index (χ3v) is 6.45. The first-order chi connectivity index (χ1) is 15.5. The largest absolute Gasteiger partial charge is 0.370 e. The van der Waals surface area contributed by atoms with Crippen molar-refractivity contribution in [3.63, 3.8) is 0 Å². The average molecular weight is 468 g/mol. The Labute approximate surface area is 197 Å². The first kappa shape index (κ1) is 22.2. The number of hydrogen-bond donors (Lipinski definition) is 0. The van der Waals surface area contributed by atoms with Crippen LogP contribution in [0.25, 0.3) is 0 Å². The van der Waals surface area contributed by atoms with Gasteiger partial charge in [0, 0.05) is 36.9 Å². The second kappa shape index (κ2) is 9.64. The van der Waals surface area contributed by atoms with Crippen molar-refractivity contribution in [3.05, 3.63) is 81.1 Å². The molecule has 0 aliphatic carbocycles. The molecule has 4 rings (SSSR count). The van der Waals surface area contributed by atoms with Gasteiger partial charge in [-0.1, -0.05) is 41.4 Å². The summed E-state index contributed by atoms with van der Waals surface area (Å²) in [7, 11) is 0. The number of nitriles is 1. The maximum atomic E-state index is 13.4. The van der Waals surface area contributed by atoms with E-state index in [1.807, 2.05) is 60.4 Å². The second-order valence-electron chi connectivity index (χ2n) is 7.79. The number of carbonyl (C=O) groups is 1. The van der Waals surface area contributed by atoms with Crippen LogP contribution in [-0.2, 0) is 6.54 Å². The summed E-state index contributed by atoms with van der Waals surface area (Å²) in [5.41, 5.74) is 3.65. The lowest BCUT2D eigenvalue weighted by atomic mass is 10.2. The summed E-state index contributed by atoms with van der Waals surface area (Å²) in [4.78, 5) is 17.4. The lowest BCUT2D eigenvalue weighted by molar-refractivity contribution is 0.0766. The molecule has 1 aliphatic rings. The summed E-state index contributed by atoms with van der Waals surface area (Å²) < 4.78 is 1.63. The Hall–Kier alpha value is -3.01. The lowest BCUT2D eigenvalue weighted by Crippen LogP contribution is -2.35. The summed E-state index contributed by atoms with van der Waals surface area (Å²) in [6.45, 7) is 5.00. The minimum absolute atomic E-state index is 0.0976. The highest BCUT2D eigenvalue weighted by Crippen LogP contribution is 2.25. The van der Waals surface area contributed by atoms with Gasteiger partial charge in [-0.15, -0.1) is 0 Å². The van der Waals surface area contributed by atoms with E-state index in [0.29, 0.717) is 53.2 Å². The molecule has 0 unspecified atom stereocenters. The lowest BCUT2D eigenvalue weighted by Gasteiger charge is -2.23. The summed E-state index contributed by atoms with van der Waals surface area (Å²) in [5.74, 6) is -0.0976. The fourth-order valence-corrected chi connectivity index (χ4v) is 4.48. The average Bonchev–Trinajstić information content (AvgIpc) is 2.97. The number of amides is 1. The molecule has 0 radical (unpaired) electrons. The van der Waals surface area contributed by atoms with Gasteiger partial charge in [-0.05, 0) is 49.2 Å². The quantitative estimate of drug-likeness (QED) is 0.554. The van der Waals surface area contributed by atoms with E-state index in [1.54, 1.807) is 4.68 Å². The number of hydrogen-bond acceptors (Lipinski definition) is 4. The Morgan fingerprint density at radius 2 is 1.81 bits per heavy atom. The molecule has 1 fully saturated rings. The Balaban J connectivity index is 1.49. The van der Waals surface area contributed by atoms with Gasteiger partial charge in [0.15, 0.2) is 0 Å². The van der Waals surface area contributed by atoms with Crippen molar-refractivity contribution in [1.29, 1.82) is 5.26 Å². The standard InChI is InChI=1S/C24H23Cl2N5O/c1-17-22(23(26)31(28-17)16-19-5-2-3-6-21(19)25)24(32)30-12-4-11-29(13-14-30)20-9-7-18(15-27)8-10-20/h2-3,5-10H,4,11-14,16H2,1H3. The molecule has 0 saturated carbocycles. The highest BCUT2D eigenvalue weighted by molar-refractivity contribution is 6.33. The number of benzene rings is 2. The molecular formula is C24H23Cl2N5O. The predicted molar refractivity (Wildman–Crippen MR) is 126 cm³/mol. The van der Waals surface area contributed by atoms with Crippen LogP contribution in [0.4, 0.5) is 5.69 Å². The number of halogens is 2. The molecule has 3 aromatic rings. The van der Waals surface area contributed by atoms with Gasteiger partial charge in [-0.3, -0.25) is 4.79 Å². The van der Waals surface area contributed by atoms with Crippen molar-refractivity contribution < 1.29 is 4.79 Å². The SMILES string of the molecule is Cc1nn(Cc2ccccc2Cl)c(Cl)c1C(=O)N1CCCN(c2ccc(C#N)cc2)CC1. The van der Waals surface area contributed by atoms with Crippen molar-refractivity contribution in [2.75, 3.05) is 31.1 Å². The van der Waals surface area contributed by atoms with Gasteiger partial charge in [0.2, 0.25) is 0 Å². The first-order valence-corrected chi connectivity index (χ1v) is 11.2. The molecule has 1 amide bonds. The van der Waals surface area contributed by atoms with E-state index in [9.17, 15) is 4.79 Å². The molecule has 32 heavy (non-hydrogen) atoms. The maximum Gasteiger partial charge on any atom is 0.258 e. The molecule has 0 atom stereocenters. The molecule has 6 nitrogen and oxygen atoms in total. The summed E-state index contributed by atoms with van der Waals surface area (Å²) >= 11 is 12.9. The minimum Gasteiger partial charge on any atom is -0.370 e. The van der Waals surface area contributed by atoms with Crippen molar-refractivity contribution in [2.45, 2.75) is 19.9 Å². The minimum atomic E-state index is -0.0976. The first-order valence-electron chi connectivity index (χ1n) is 10.5. The van der Waals surface area contributed by atoms with Crippen LogP contribution in [0.15, 0.2) is 48.5 Å². The van der Waals surface area contributed by atoms with Gasteiger partial charge in [-0.2, -0.15) is 10.4 Å². The van der Waals surface area contributed by atoms with Crippen molar-refractivity contribution in [2.24, 2.45) is 0 Å². The number of nitrogens with zero attached hydrogens (tertiary/aromatic N) is 5. The van der Waals surface area contributed by atoms with Gasteiger partial charge >= 0.3 is 0 Å². The monoisotopic (exact) mass is 467 g/mol. The van der Waals surface area contributed by atoms with Crippen molar-refractivity contribution >= 4 is 34.8 Å². The normalized spacial score (nSPS) is 14.2. The predicted octanol–water partition coefficient (Wildman–Crippen LogP) is 4.77. The maximum absolute atomic E-state index is 13.4. The van der Waals surface area contributed by atoms with Crippen LogP contribution in [0.5, 0.6) is 0 Å². The van der Waals surface area contributed by atoms with E-state index < -0.39 is 0 Å². The van der Waals surface area contributed by atoms with Crippen LogP contribution in [0.3, 0.4) is 0 Å². The fourth-order valence-electron chi connectivity index (χ4n) is 3.97. The molecule has 2 aromatic carbocycles. The highest BCUT2D eigenvalue weighted by Gasteiger charge is 2.27. The van der Waals surface area contributed by atoms with Gasteiger partial charge in [-0.25, -0.2) is 4.68 Å². The molecule has 0 spiro atoms. The van der Waals surface area contributed by atoms with Gasteiger partial charge in [0.1, 0.15) is 5.15 Å². The summed E-state index contributed by atoms with van der Waals surface area (Å²) in [6, 6.07) is 17.2. The molecule has 1 aliphatic heterocycles. The molecule has 1 aromatic heterocycles. The smallest absolute Gasteiger partial charge is 0.258 e. The van der Waals surface area contributed by atoms with Crippen LogP contribution < -0.4 is 4.90 Å². The van der Waals surface area contributed by atoms with Crippen LogP contribution in [-0.4, -0.2) is 46.8 Å². The van der Waals surface area contributed by atoms with E-state index in [1.165, 1.54) is 0 Å². The molecule has 2 heterocycles. The van der Waals surface area contributed by atoms with E-state index in [2.05, 4.69) is 16.1 Å². The summed E-state index contributed by atoms with van der Waals surface area (Å²) in [6.07, 6.45) is 0.843. The fraction of sp³-hybridized carbons (Fsp3) is 0.292. The van der Waals surface area contributed by atoms with E-state index in [0.717, 1.165) is 24.2 Å². The van der Waals surface area contributed by atoms with Gasteiger partial charge < -0.3 is 9.80 Å². The van der Waals surface area contributed by atoms with E-state index in [4.69, 9.17) is 28.5 Å². The number of rotatable bonds is 4. The zero-order valence-electron chi connectivity index (χ0n) is 17.8. The molecule has 8 heteroatoms. The topological polar surface area (TPSA) is 65.2 Å². The molecule has 164 valence electrons. The van der Waals surface area contributed by atoms with E-state index in [-0.39, 0.29) is 5.91 Å². The molecular weight excluding hydrogens is 445 g/mol. The highest BCUT2D eigenvalue weighted by atomic mass is 35.5. The van der Waals surface area contributed by atoms with Crippen LogP contribution in [0.1, 0.15) is 33.6 Å². The third kappa shape index (κ3) is 4.59. The Kier molecular flexibility index (Phi) is 6.69. The van der Waals surface area contributed by atoms with Gasteiger partial charge in [0.05, 0.1) is 29.4 Å². The second-order valence-corrected chi connectivity index (χ2v) is 8.56. The zero-order valence-corrected chi connectivity index (χ0v) is 19.3. The van der Waals surface area contributed by atoms with E-state index >= 15 is 0 Å². The number of anilines is 1.